The average molecular weight is 214 g/mol. The van der Waals surface area contributed by atoms with Crippen molar-refractivity contribution in [1.82, 2.24) is 10.2 Å². The fourth-order valence-electron chi connectivity index (χ4n) is 2.42. The highest BCUT2D eigenvalue weighted by Crippen LogP contribution is 2.20. The van der Waals surface area contributed by atoms with Crippen LogP contribution in [0.5, 0.6) is 0 Å². The summed E-state index contributed by atoms with van der Waals surface area (Å²) in [4.78, 5) is 2.55. The summed E-state index contributed by atoms with van der Waals surface area (Å²) in [7, 11) is 1.78. The summed E-state index contributed by atoms with van der Waals surface area (Å²) in [6, 6.07) is 0.726. The van der Waals surface area contributed by atoms with Crippen molar-refractivity contribution >= 4 is 0 Å². The second-order valence-corrected chi connectivity index (χ2v) is 5.06. The van der Waals surface area contributed by atoms with Gasteiger partial charge in [-0.15, -0.1) is 0 Å². The number of methoxy groups -OCH3 is 1. The van der Waals surface area contributed by atoms with Crippen LogP contribution in [0.4, 0.5) is 0 Å². The molecule has 0 saturated carbocycles. The van der Waals surface area contributed by atoms with Gasteiger partial charge in [0.2, 0.25) is 0 Å². The summed E-state index contributed by atoms with van der Waals surface area (Å²) < 4.78 is 5.28. The summed E-state index contributed by atoms with van der Waals surface area (Å²) in [5.74, 6) is 0. The molecule has 1 heterocycles. The van der Waals surface area contributed by atoms with Gasteiger partial charge in [0.25, 0.3) is 0 Å². The topological polar surface area (TPSA) is 24.5 Å². The van der Waals surface area contributed by atoms with Gasteiger partial charge in [-0.25, -0.2) is 0 Å². The quantitative estimate of drug-likeness (QED) is 0.750. The predicted octanol–water partition coefficient (Wildman–Crippen LogP) is 1.49. The van der Waals surface area contributed by atoms with Gasteiger partial charge < -0.3 is 10.1 Å². The first-order valence-electron chi connectivity index (χ1n) is 6.07. The Morgan fingerprint density at radius 1 is 1.33 bits per heavy atom. The molecule has 3 heteroatoms. The van der Waals surface area contributed by atoms with Crippen LogP contribution in [0.3, 0.4) is 0 Å². The molecule has 0 spiro atoms. The molecule has 90 valence electrons. The van der Waals surface area contributed by atoms with Gasteiger partial charge in [-0.05, 0) is 33.2 Å². The van der Waals surface area contributed by atoms with Crippen molar-refractivity contribution in [2.75, 3.05) is 33.4 Å². The molecule has 0 aromatic heterocycles. The molecule has 15 heavy (non-hydrogen) atoms. The van der Waals surface area contributed by atoms with E-state index in [4.69, 9.17) is 4.74 Å². The number of nitrogens with one attached hydrogen (secondary N) is 1. The van der Waals surface area contributed by atoms with Crippen molar-refractivity contribution in [3.63, 3.8) is 0 Å². The van der Waals surface area contributed by atoms with Gasteiger partial charge in [0.15, 0.2) is 0 Å². The van der Waals surface area contributed by atoms with Gasteiger partial charge in [0, 0.05) is 31.8 Å². The molecule has 1 aliphatic rings. The van der Waals surface area contributed by atoms with Gasteiger partial charge in [-0.1, -0.05) is 6.92 Å². The Morgan fingerprint density at radius 2 is 1.93 bits per heavy atom. The van der Waals surface area contributed by atoms with Gasteiger partial charge in [-0.2, -0.15) is 0 Å². The highest BCUT2D eigenvalue weighted by molar-refractivity contribution is 4.87. The molecule has 0 radical (unpaired) electrons. The fraction of sp³-hybridized carbons (Fsp3) is 1.00. The maximum atomic E-state index is 5.28. The minimum absolute atomic E-state index is 0.186. The first-order valence-corrected chi connectivity index (χ1v) is 6.07. The Bertz CT molecular complexity index is 174. The van der Waals surface area contributed by atoms with Crippen molar-refractivity contribution in [3.8, 4) is 0 Å². The second-order valence-electron chi connectivity index (χ2n) is 5.06. The number of piperidine rings is 1. The van der Waals surface area contributed by atoms with Crippen molar-refractivity contribution in [2.24, 2.45) is 0 Å². The minimum Gasteiger partial charge on any atom is -0.383 e. The van der Waals surface area contributed by atoms with Crippen LogP contribution in [-0.2, 0) is 4.74 Å². The van der Waals surface area contributed by atoms with Crippen LogP contribution in [0, 0.1) is 0 Å². The number of hydrogen-bond acceptors (Lipinski definition) is 3. The van der Waals surface area contributed by atoms with Crippen molar-refractivity contribution in [2.45, 2.75) is 45.2 Å². The third-order valence-corrected chi connectivity index (χ3v) is 3.34. The fourth-order valence-corrected chi connectivity index (χ4v) is 2.42. The van der Waals surface area contributed by atoms with Gasteiger partial charge in [0.05, 0.1) is 6.61 Å². The van der Waals surface area contributed by atoms with Crippen LogP contribution < -0.4 is 5.32 Å². The normalized spacial score (nSPS) is 20.8. The average Bonchev–Trinajstić information content (AvgIpc) is 2.19. The first kappa shape index (κ1) is 12.9. The number of rotatable bonds is 5. The molecule has 1 N–H and O–H groups in total. The number of ether oxygens (including phenoxy) is 1. The van der Waals surface area contributed by atoms with E-state index >= 15 is 0 Å². The molecule has 1 aliphatic heterocycles. The number of hydrogen-bond donors (Lipinski definition) is 1. The molecule has 0 aliphatic carbocycles. The lowest BCUT2D eigenvalue weighted by atomic mass is 9.97. The Kier molecular flexibility index (Phi) is 5.03. The summed E-state index contributed by atoms with van der Waals surface area (Å²) in [6.45, 7) is 11.0. The third kappa shape index (κ3) is 3.74. The molecule has 0 atom stereocenters. The zero-order valence-corrected chi connectivity index (χ0v) is 10.7. The van der Waals surface area contributed by atoms with E-state index in [9.17, 15) is 0 Å². The maximum absolute atomic E-state index is 5.28. The molecule has 1 saturated heterocycles. The van der Waals surface area contributed by atoms with Crippen molar-refractivity contribution in [1.29, 1.82) is 0 Å². The van der Waals surface area contributed by atoms with Crippen molar-refractivity contribution in [3.05, 3.63) is 0 Å². The molecule has 0 unspecified atom stereocenters. The Morgan fingerprint density at radius 3 is 2.40 bits per heavy atom. The molecule has 0 aromatic rings. The molecular formula is C12H26N2O. The largest absolute Gasteiger partial charge is 0.383 e. The van der Waals surface area contributed by atoms with Crippen LogP contribution in [0.2, 0.25) is 0 Å². The van der Waals surface area contributed by atoms with Crippen LogP contribution in [0.15, 0.2) is 0 Å². The van der Waals surface area contributed by atoms with Crippen LogP contribution in [0.1, 0.15) is 33.6 Å². The highest BCUT2D eigenvalue weighted by atomic mass is 16.5. The zero-order chi connectivity index (χ0) is 11.3. The second kappa shape index (κ2) is 5.83. The summed E-state index contributed by atoms with van der Waals surface area (Å²) in [5.41, 5.74) is 0.186. The summed E-state index contributed by atoms with van der Waals surface area (Å²) in [5, 5.41) is 3.53. The van der Waals surface area contributed by atoms with Gasteiger partial charge >= 0.3 is 0 Å². The van der Waals surface area contributed by atoms with E-state index in [2.05, 4.69) is 31.0 Å². The molecule has 0 bridgehead atoms. The van der Waals surface area contributed by atoms with E-state index in [1.165, 1.54) is 25.9 Å². The van der Waals surface area contributed by atoms with E-state index in [0.29, 0.717) is 0 Å². The monoisotopic (exact) mass is 214 g/mol. The Hall–Kier alpha value is -0.120. The summed E-state index contributed by atoms with van der Waals surface area (Å²) in [6.07, 6.45) is 2.53. The maximum Gasteiger partial charge on any atom is 0.0641 e. The van der Waals surface area contributed by atoms with E-state index in [1.54, 1.807) is 7.11 Å². The van der Waals surface area contributed by atoms with Gasteiger partial charge in [0.1, 0.15) is 0 Å². The lowest BCUT2D eigenvalue weighted by Gasteiger charge is -2.42. The molecule has 0 amide bonds. The Labute approximate surface area is 94.2 Å². The lowest BCUT2D eigenvalue weighted by Crippen LogP contribution is -2.53. The number of likely N-dealkylation sites (tertiary alicyclic amines) is 1. The molecule has 0 aromatic carbocycles. The smallest absolute Gasteiger partial charge is 0.0641 e. The predicted molar refractivity (Wildman–Crippen MR) is 64.2 cm³/mol. The summed E-state index contributed by atoms with van der Waals surface area (Å²) >= 11 is 0. The molecule has 3 nitrogen and oxygen atoms in total. The molecule has 1 rings (SSSR count). The van der Waals surface area contributed by atoms with Crippen molar-refractivity contribution < 1.29 is 4.74 Å². The SMILES string of the molecule is CCNC1CCN(C(C)(C)COC)CC1. The van der Waals surface area contributed by atoms with E-state index < -0.39 is 0 Å². The zero-order valence-electron chi connectivity index (χ0n) is 10.7. The van der Waals surface area contributed by atoms with E-state index in [-0.39, 0.29) is 5.54 Å². The van der Waals surface area contributed by atoms with Crippen LogP contribution in [-0.4, -0.2) is 49.8 Å². The third-order valence-electron chi connectivity index (χ3n) is 3.34. The highest BCUT2D eigenvalue weighted by Gasteiger charge is 2.30. The Balaban J connectivity index is 2.36. The lowest BCUT2D eigenvalue weighted by molar-refractivity contribution is 0.0167. The van der Waals surface area contributed by atoms with Crippen LogP contribution in [0.25, 0.3) is 0 Å². The van der Waals surface area contributed by atoms with Gasteiger partial charge in [-0.3, -0.25) is 4.90 Å². The van der Waals surface area contributed by atoms with Crippen LogP contribution >= 0.6 is 0 Å². The number of nitrogens with zero attached hydrogens (tertiary/aromatic N) is 1. The standard InChI is InChI=1S/C12H26N2O/c1-5-13-11-6-8-14(9-7-11)12(2,3)10-15-4/h11,13H,5-10H2,1-4H3. The first-order chi connectivity index (χ1) is 7.10. The van der Waals surface area contributed by atoms with E-state index in [1.807, 2.05) is 0 Å². The molecule has 1 fully saturated rings. The van der Waals surface area contributed by atoms with E-state index in [0.717, 1.165) is 19.2 Å². The minimum atomic E-state index is 0.186. The molecular weight excluding hydrogens is 188 g/mol.